The summed E-state index contributed by atoms with van der Waals surface area (Å²) in [5.74, 6) is 0.254. The van der Waals surface area contributed by atoms with Gasteiger partial charge in [-0.15, -0.1) is 0 Å². The third-order valence-corrected chi connectivity index (χ3v) is 5.85. The number of benzene rings is 3. The zero-order valence-electron chi connectivity index (χ0n) is 18.5. The molecule has 1 aromatic heterocycles. The van der Waals surface area contributed by atoms with Gasteiger partial charge in [-0.1, -0.05) is 54.1 Å². The van der Waals surface area contributed by atoms with Crippen LogP contribution >= 0.6 is 11.6 Å². The Morgan fingerprint density at radius 2 is 1.67 bits per heavy atom. The van der Waals surface area contributed by atoms with E-state index in [-0.39, 0.29) is 18.4 Å². The number of rotatable bonds is 7. The molecule has 1 unspecified atom stereocenters. The van der Waals surface area contributed by atoms with Crippen molar-refractivity contribution >= 4 is 40.1 Å². The first kappa shape index (κ1) is 22.6. The van der Waals surface area contributed by atoms with E-state index in [4.69, 9.17) is 16.6 Å². The highest BCUT2D eigenvalue weighted by atomic mass is 35.5. The second-order valence-corrected chi connectivity index (χ2v) is 8.10. The van der Waals surface area contributed by atoms with Gasteiger partial charge >= 0.3 is 0 Å². The van der Waals surface area contributed by atoms with E-state index < -0.39 is 6.04 Å². The minimum atomic E-state index is -0.444. The summed E-state index contributed by atoms with van der Waals surface area (Å²) in [6, 6.07) is 23.7. The van der Waals surface area contributed by atoms with Gasteiger partial charge < -0.3 is 14.8 Å². The topological polar surface area (TPSA) is 67.2 Å². The molecule has 33 heavy (non-hydrogen) atoms. The van der Waals surface area contributed by atoms with E-state index >= 15 is 0 Å². The molecule has 0 saturated carbocycles. The number of imidazole rings is 1. The van der Waals surface area contributed by atoms with Crippen molar-refractivity contribution in [3.63, 3.8) is 0 Å². The van der Waals surface area contributed by atoms with Gasteiger partial charge in [0.2, 0.25) is 5.91 Å². The molecule has 7 heteroatoms. The summed E-state index contributed by atoms with van der Waals surface area (Å²) in [7, 11) is 0. The third-order valence-electron chi connectivity index (χ3n) is 5.52. The van der Waals surface area contributed by atoms with Gasteiger partial charge in [-0.3, -0.25) is 9.59 Å². The molecule has 168 valence electrons. The van der Waals surface area contributed by atoms with E-state index in [1.54, 1.807) is 29.2 Å². The van der Waals surface area contributed by atoms with Crippen molar-refractivity contribution in [3.8, 4) is 0 Å². The number of anilines is 1. The maximum Gasteiger partial charge on any atom is 0.253 e. The van der Waals surface area contributed by atoms with E-state index in [9.17, 15) is 9.59 Å². The molecule has 0 aliphatic heterocycles. The number of nitrogens with one attached hydrogen (secondary N) is 1. The van der Waals surface area contributed by atoms with Crippen LogP contribution in [0, 0.1) is 0 Å². The SMILES string of the molecule is CCN(C(=O)Cn1c(C(C)NC(=O)c2ccccc2Cl)nc2ccccc21)c1ccccc1. The van der Waals surface area contributed by atoms with Crippen molar-refractivity contribution < 1.29 is 9.59 Å². The summed E-state index contributed by atoms with van der Waals surface area (Å²) in [6.07, 6.45) is 0. The Hall–Kier alpha value is -3.64. The van der Waals surface area contributed by atoms with Gasteiger partial charge in [0.1, 0.15) is 12.4 Å². The van der Waals surface area contributed by atoms with Crippen molar-refractivity contribution in [2.75, 3.05) is 11.4 Å². The smallest absolute Gasteiger partial charge is 0.253 e. The highest BCUT2D eigenvalue weighted by Crippen LogP contribution is 2.23. The Labute approximate surface area is 197 Å². The summed E-state index contributed by atoms with van der Waals surface area (Å²) >= 11 is 6.19. The second-order valence-electron chi connectivity index (χ2n) is 7.69. The standard InChI is InChI=1S/C26H25ClN4O2/c1-3-30(19-11-5-4-6-12-19)24(32)17-31-23-16-10-9-15-22(23)29-25(31)18(2)28-26(33)20-13-7-8-14-21(20)27/h4-16,18H,3,17H2,1-2H3,(H,28,33). The van der Waals surface area contributed by atoms with Crippen LogP contribution in [0.5, 0.6) is 0 Å². The van der Waals surface area contributed by atoms with Crippen LogP contribution in [-0.4, -0.2) is 27.9 Å². The minimum absolute atomic E-state index is 0.0577. The highest BCUT2D eigenvalue weighted by Gasteiger charge is 2.23. The minimum Gasteiger partial charge on any atom is -0.342 e. The van der Waals surface area contributed by atoms with Crippen molar-refractivity contribution in [2.45, 2.75) is 26.4 Å². The Balaban J connectivity index is 1.65. The molecule has 1 heterocycles. The Morgan fingerprint density at radius 1 is 1.00 bits per heavy atom. The molecule has 0 radical (unpaired) electrons. The van der Waals surface area contributed by atoms with Crippen molar-refractivity contribution in [1.29, 1.82) is 0 Å². The molecular formula is C26H25ClN4O2. The summed E-state index contributed by atoms with van der Waals surface area (Å²) in [5, 5.41) is 3.35. The maximum atomic E-state index is 13.3. The monoisotopic (exact) mass is 460 g/mol. The van der Waals surface area contributed by atoms with Crippen LogP contribution in [0.15, 0.2) is 78.9 Å². The number of likely N-dealkylation sites (N-methyl/N-ethyl adjacent to an activating group) is 1. The summed E-state index contributed by atoms with van der Waals surface area (Å²) in [6.45, 7) is 4.45. The molecule has 0 fully saturated rings. The first-order valence-electron chi connectivity index (χ1n) is 10.9. The molecule has 1 N–H and O–H groups in total. The van der Waals surface area contributed by atoms with Crippen LogP contribution in [-0.2, 0) is 11.3 Å². The van der Waals surface area contributed by atoms with Gasteiger partial charge in [-0.2, -0.15) is 0 Å². The molecule has 3 aromatic carbocycles. The van der Waals surface area contributed by atoms with E-state index in [0.717, 1.165) is 16.7 Å². The van der Waals surface area contributed by atoms with Gasteiger partial charge in [0.05, 0.1) is 27.7 Å². The fraction of sp³-hybridized carbons (Fsp3) is 0.192. The second kappa shape index (κ2) is 9.88. The number of amides is 2. The first-order chi connectivity index (χ1) is 16.0. The predicted octanol–water partition coefficient (Wildman–Crippen LogP) is 5.23. The van der Waals surface area contributed by atoms with E-state index in [1.807, 2.05) is 73.0 Å². The number of halogens is 1. The predicted molar refractivity (Wildman–Crippen MR) is 132 cm³/mol. The average molecular weight is 461 g/mol. The zero-order valence-corrected chi connectivity index (χ0v) is 19.3. The fourth-order valence-corrected chi connectivity index (χ4v) is 4.13. The first-order valence-corrected chi connectivity index (χ1v) is 11.2. The maximum absolute atomic E-state index is 13.3. The molecule has 1 atom stereocenters. The lowest BCUT2D eigenvalue weighted by Crippen LogP contribution is -2.35. The number of hydrogen-bond donors (Lipinski definition) is 1. The number of aromatic nitrogens is 2. The molecular weight excluding hydrogens is 436 g/mol. The highest BCUT2D eigenvalue weighted by molar-refractivity contribution is 6.33. The summed E-state index contributed by atoms with van der Waals surface area (Å²) in [5.41, 5.74) is 2.84. The normalized spacial score (nSPS) is 11.8. The van der Waals surface area contributed by atoms with Gasteiger partial charge in [-0.25, -0.2) is 4.98 Å². The van der Waals surface area contributed by atoms with Crippen LogP contribution < -0.4 is 10.2 Å². The largest absolute Gasteiger partial charge is 0.342 e. The van der Waals surface area contributed by atoms with Crippen molar-refractivity contribution in [1.82, 2.24) is 14.9 Å². The lowest BCUT2D eigenvalue weighted by Gasteiger charge is -2.23. The zero-order chi connectivity index (χ0) is 23.4. The number of para-hydroxylation sites is 3. The fourth-order valence-electron chi connectivity index (χ4n) is 3.91. The Morgan fingerprint density at radius 3 is 2.39 bits per heavy atom. The molecule has 4 aromatic rings. The molecule has 6 nitrogen and oxygen atoms in total. The van der Waals surface area contributed by atoms with Gasteiger partial charge in [0, 0.05) is 12.2 Å². The summed E-state index contributed by atoms with van der Waals surface area (Å²) < 4.78 is 1.88. The third kappa shape index (κ3) is 4.76. The Bertz CT molecular complexity index is 1290. The lowest BCUT2D eigenvalue weighted by molar-refractivity contribution is -0.119. The van der Waals surface area contributed by atoms with E-state index in [0.29, 0.717) is 23.0 Å². The number of hydrogen-bond acceptors (Lipinski definition) is 3. The van der Waals surface area contributed by atoms with Crippen LogP contribution in [0.2, 0.25) is 5.02 Å². The quantitative estimate of drug-likeness (QED) is 0.410. The van der Waals surface area contributed by atoms with E-state index in [1.165, 1.54) is 0 Å². The van der Waals surface area contributed by atoms with Crippen molar-refractivity contribution in [3.05, 3.63) is 95.3 Å². The van der Waals surface area contributed by atoms with Crippen LogP contribution in [0.25, 0.3) is 11.0 Å². The molecule has 0 bridgehead atoms. The van der Waals surface area contributed by atoms with Crippen LogP contribution in [0.3, 0.4) is 0 Å². The van der Waals surface area contributed by atoms with Gasteiger partial charge in [0.25, 0.3) is 5.91 Å². The molecule has 0 spiro atoms. The number of nitrogens with zero attached hydrogens (tertiary/aromatic N) is 3. The number of carbonyl (C=O) groups excluding carboxylic acids is 2. The Kier molecular flexibility index (Phi) is 6.75. The molecule has 0 aliphatic carbocycles. The van der Waals surface area contributed by atoms with Crippen molar-refractivity contribution in [2.24, 2.45) is 0 Å². The number of carbonyl (C=O) groups is 2. The van der Waals surface area contributed by atoms with Crippen LogP contribution in [0.4, 0.5) is 5.69 Å². The molecule has 0 saturated heterocycles. The van der Waals surface area contributed by atoms with E-state index in [2.05, 4.69) is 5.32 Å². The number of fused-ring (bicyclic) bond motifs is 1. The summed E-state index contributed by atoms with van der Waals surface area (Å²) in [4.78, 5) is 32.6. The molecule has 0 aliphatic rings. The van der Waals surface area contributed by atoms with Crippen LogP contribution in [0.1, 0.15) is 36.1 Å². The van der Waals surface area contributed by atoms with Gasteiger partial charge in [-0.05, 0) is 50.2 Å². The van der Waals surface area contributed by atoms with Gasteiger partial charge in [0.15, 0.2) is 0 Å². The average Bonchev–Trinajstić information content (AvgIpc) is 3.19. The molecule has 4 rings (SSSR count). The molecule has 2 amide bonds. The lowest BCUT2D eigenvalue weighted by atomic mass is 10.2.